The van der Waals surface area contributed by atoms with Gasteiger partial charge in [0.25, 0.3) is 5.69 Å². The maximum atomic E-state index is 11.5. The van der Waals surface area contributed by atoms with Gasteiger partial charge in [0.05, 0.1) is 18.1 Å². The molecule has 23 heavy (non-hydrogen) atoms. The molecule has 1 aromatic rings. The molecule has 0 spiro atoms. The van der Waals surface area contributed by atoms with E-state index in [-0.39, 0.29) is 17.4 Å². The maximum absolute atomic E-state index is 11.5. The quantitative estimate of drug-likeness (QED) is 0.357. The fourth-order valence-corrected chi connectivity index (χ4v) is 3.05. The Kier molecular flexibility index (Phi) is 5.54. The number of rotatable bonds is 5. The minimum Gasteiger partial charge on any atom is -0.437 e. The highest BCUT2D eigenvalue weighted by Crippen LogP contribution is 2.41. The number of nitrogens with zero attached hydrogens (tertiary/aromatic N) is 2. The average Bonchev–Trinajstić information content (AvgIpc) is 3.01. The normalized spacial score (nSPS) is 15.0. The van der Waals surface area contributed by atoms with Crippen molar-refractivity contribution in [3.63, 3.8) is 0 Å². The number of ether oxygens (including phenoxy) is 2. The fourth-order valence-electron chi connectivity index (χ4n) is 3.05. The molecular weight excluding hydrogens is 300 g/mol. The molecule has 0 N–H and O–H groups in total. The number of benzene rings is 1. The summed E-state index contributed by atoms with van der Waals surface area (Å²) in [5.41, 5.74) is 1.44. The summed E-state index contributed by atoms with van der Waals surface area (Å²) in [4.78, 5) is 24.3. The monoisotopic (exact) mass is 322 g/mol. The Hall–Kier alpha value is -2.15. The Balaban J connectivity index is 2.50. The SMILES string of the molecule is COC(=O)Oc1cc([N+](=O)[O-])c(CN(C)C)cc1C1CCCC1. The summed E-state index contributed by atoms with van der Waals surface area (Å²) >= 11 is 0. The van der Waals surface area contributed by atoms with Gasteiger partial charge in [0.2, 0.25) is 0 Å². The second kappa shape index (κ2) is 7.41. The summed E-state index contributed by atoms with van der Waals surface area (Å²) in [5.74, 6) is 0.495. The van der Waals surface area contributed by atoms with Gasteiger partial charge in [-0.15, -0.1) is 0 Å². The predicted molar refractivity (Wildman–Crippen MR) is 84.7 cm³/mol. The van der Waals surface area contributed by atoms with Crippen LogP contribution in [0.3, 0.4) is 0 Å². The van der Waals surface area contributed by atoms with Crippen LogP contribution in [-0.4, -0.2) is 37.2 Å². The summed E-state index contributed by atoms with van der Waals surface area (Å²) in [6.07, 6.45) is 3.36. The van der Waals surface area contributed by atoms with Gasteiger partial charge in [0.1, 0.15) is 5.75 Å². The molecule has 7 nitrogen and oxygen atoms in total. The summed E-state index contributed by atoms with van der Waals surface area (Å²) < 4.78 is 9.71. The van der Waals surface area contributed by atoms with Crippen LogP contribution in [0.4, 0.5) is 10.5 Å². The van der Waals surface area contributed by atoms with E-state index in [4.69, 9.17) is 4.74 Å². The van der Waals surface area contributed by atoms with Crippen LogP contribution in [0.25, 0.3) is 0 Å². The van der Waals surface area contributed by atoms with Crippen molar-refractivity contribution >= 4 is 11.8 Å². The van der Waals surface area contributed by atoms with E-state index in [2.05, 4.69) is 4.74 Å². The predicted octanol–water partition coefficient (Wildman–Crippen LogP) is 3.46. The van der Waals surface area contributed by atoms with Gasteiger partial charge in [0, 0.05) is 12.1 Å². The van der Waals surface area contributed by atoms with Crippen molar-refractivity contribution in [2.24, 2.45) is 0 Å². The topological polar surface area (TPSA) is 81.9 Å². The zero-order valence-corrected chi connectivity index (χ0v) is 13.7. The van der Waals surface area contributed by atoms with E-state index in [9.17, 15) is 14.9 Å². The molecule has 0 heterocycles. The highest BCUT2D eigenvalue weighted by Gasteiger charge is 2.27. The van der Waals surface area contributed by atoms with Crippen molar-refractivity contribution in [1.29, 1.82) is 0 Å². The number of hydrogen-bond acceptors (Lipinski definition) is 6. The van der Waals surface area contributed by atoms with Gasteiger partial charge in [0.15, 0.2) is 0 Å². The van der Waals surface area contributed by atoms with Crippen LogP contribution in [0.5, 0.6) is 5.75 Å². The Labute approximate surface area is 135 Å². The number of hydrogen-bond donors (Lipinski definition) is 0. The lowest BCUT2D eigenvalue weighted by Crippen LogP contribution is -2.15. The lowest BCUT2D eigenvalue weighted by atomic mass is 9.94. The standard InChI is InChI=1S/C16H22N2O5/c1-17(2)10-12-8-13(11-6-4-5-7-11)15(23-16(19)22-3)9-14(12)18(20)21/h8-9,11H,4-7,10H2,1-3H3. The van der Waals surface area contributed by atoms with Gasteiger partial charge in [-0.2, -0.15) is 0 Å². The summed E-state index contributed by atoms with van der Waals surface area (Å²) in [6.45, 7) is 0.453. The minimum absolute atomic E-state index is 0.0423. The number of nitro benzene ring substituents is 1. The van der Waals surface area contributed by atoms with Crippen LogP contribution in [0, 0.1) is 10.1 Å². The highest BCUT2D eigenvalue weighted by atomic mass is 16.7. The van der Waals surface area contributed by atoms with Crippen molar-refractivity contribution in [3.8, 4) is 5.75 Å². The van der Waals surface area contributed by atoms with E-state index in [1.54, 1.807) is 0 Å². The Morgan fingerprint density at radius 2 is 2.00 bits per heavy atom. The summed E-state index contributed by atoms with van der Waals surface area (Å²) in [6, 6.07) is 3.16. The van der Waals surface area contributed by atoms with E-state index in [0.29, 0.717) is 12.1 Å². The molecule has 0 bridgehead atoms. The molecule has 1 saturated carbocycles. The molecule has 0 atom stereocenters. The lowest BCUT2D eigenvalue weighted by molar-refractivity contribution is -0.385. The van der Waals surface area contributed by atoms with Crippen LogP contribution in [-0.2, 0) is 11.3 Å². The van der Waals surface area contributed by atoms with Crippen molar-refractivity contribution < 1.29 is 19.2 Å². The van der Waals surface area contributed by atoms with E-state index in [1.807, 2.05) is 25.1 Å². The van der Waals surface area contributed by atoms with Gasteiger partial charge >= 0.3 is 6.16 Å². The minimum atomic E-state index is -0.862. The van der Waals surface area contributed by atoms with Gasteiger partial charge in [-0.3, -0.25) is 10.1 Å². The average molecular weight is 322 g/mol. The maximum Gasteiger partial charge on any atom is 0.513 e. The zero-order chi connectivity index (χ0) is 17.0. The van der Waals surface area contributed by atoms with Crippen molar-refractivity contribution in [3.05, 3.63) is 33.4 Å². The summed E-state index contributed by atoms with van der Waals surface area (Å²) in [7, 11) is 4.93. The molecule has 0 amide bonds. The van der Waals surface area contributed by atoms with Crippen molar-refractivity contribution in [2.45, 2.75) is 38.1 Å². The van der Waals surface area contributed by atoms with E-state index in [0.717, 1.165) is 31.2 Å². The molecule has 0 radical (unpaired) electrons. The number of carbonyl (C=O) groups is 1. The second-order valence-corrected chi connectivity index (χ2v) is 6.05. The smallest absolute Gasteiger partial charge is 0.437 e. The van der Waals surface area contributed by atoms with Gasteiger partial charge in [-0.25, -0.2) is 4.79 Å². The number of methoxy groups -OCH3 is 1. The largest absolute Gasteiger partial charge is 0.513 e. The first-order valence-corrected chi connectivity index (χ1v) is 7.64. The molecule has 0 aliphatic heterocycles. The van der Waals surface area contributed by atoms with E-state index >= 15 is 0 Å². The van der Waals surface area contributed by atoms with Crippen LogP contribution in [0.1, 0.15) is 42.7 Å². The van der Waals surface area contributed by atoms with Crippen LogP contribution < -0.4 is 4.74 Å². The first kappa shape index (κ1) is 17.2. The highest BCUT2D eigenvalue weighted by molar-refractivity contribution is 5.66. The first-order valence-electron chi connectivity index (χ1n) is 7.64. The van der Waals surface area contributed by atoms with Gasteiger partial charge in [-0.1, -0.05) is 12.8 Å². The van der Waals surface area contributed by atoms with E-state index in [1.165, 1.54) is 13.2 Å². The number of carbonyl (C=O) groups excluding carboxylic acids is 1. The molecule has 1 aliphatic rings. The zero-order valence-electron chi connectivity index (χ0n) is 13.7. The third kappa shape index (κ3) is 4.19. The Morgan fingerprint density at radius 1 is 1.35 bits per heavy atom. The molecule has 0 saturated heterocycles. The van der Waals surface area contributed by atoms with E-state index < -0.39 is 11.1 Å². The molecule has 126 valence electrons. The Bertz CT molecular complexity index is 594. The van der Waals surface area contributed by atoms with Crippen LogP contribution in [0.15, 0.2) is 12.1 Å². The second-order valence-electron chi connectivity index (χ2n) is 6.05. The van der Waals surface area contributed by atoms with Gasteiger partial charge < -0.3 is 14.4 Å². The molecule has 1 aromatic carbocycles. The molecule has 2 rings (SSSR count). The molecule has 1 fully saturated rings. The third-order valence-corrected chi connectivity index (χ3v) is 4.05. The van der Waals surface area contributed by atoms with Gasteiger partial charge in [-0.05, 0) is 44.5 Å². The third-order valence-electron chi connectivity index (χ3n) is 4.05. The molecule has 0 aromatic heterocycles. The lowest BCUT2D eigenvalue weighted by Gasteiger charge is -2.18. The van der Waals surface area contributed by atoms with Crippen molar-refractivity contribution in [1.82, 2.24) is 4.90 Å². The van der Waals surface area contributed by atoms with Crippen molar-refractivity contribution in [2.75, 3.05) is 21.2 Å². The fraction of sp³-hybridized carbons (Fsp3) is 0.562. The van der Waals surface area contributed by atoms with Crippen LogP contribution >= 0.6 is 0 Å². The Morgan fingerprint density at radius 3 is 2.52 bits per heavy atom. The van der Waals surface area contributed by atoms with Crippen LogP contribution in [0.2, 0.25) is 0 Å². The first-order chi connectivity index (χ1) is 10.9. The molecule has 0 unspecified atom stereocenters. The molecular formula is C16H22N2O5. The molecule has 7 heteroatoms. The number of nitro groups is 1. The molecule has 1 aliphatic carbocycles. The summed E-state index contributed by atoms with van der Waals surface area (Å²) in [5, 5.41) is 11.4.